The zero-order valence-corrected chi connectivity index (χ0v) is 15.5. The number of aromatic nitrogens is 3. The van der Waals surface area contributed by atoms with E-state index in [1.54, 1.807) is 4.68 Å². The number of pyridine rings is 1. The van der Waals surface area contributed by atoms with Crippen LogP contribution in [0.1, 0.15) is 31.0 Å². The second-order valence-electron chi connectivity index (χ2n) is 7.08. The quantitative estimate of drug-likeness (QED) is 0.552. The first kappa shape index (κ1) is 18.1. The second kappa shape index (κ2) is 7.03. The Balaban J connectivity index is 1.88. The Kier molecular flexibility index (Phi) is 4.55. The molecule has 4 aromatic rings. The summed E-state index contributed by atoms with van der Waals surface area (Å²) in [6.45, 7) is 4.38. The molecule has 0 aliphatic heterocycles. The van der Waals surface area contributed by atoms with Gasteiger partial charge in [-0.05, 0) is 35.2 Å². The van der Waals surface area contributed by atoms with Crippen molar-refractivity contribution >= 4 is 10.9 Å². The molecule has 1 N–H and O–H groups in total. The summed E-state index contributed by atoms with van der Waals surface area (Å²) >= 11 is 0. The molecule has 2 aromatic carbocycles. The highest BCUT2D eigenvalue weighted by molar-refractivity contribution is 5.82. The van der Waals surface area contributed by atoms with Gasteiger partial charge in [0.25, 0.3) is 0 Å². The lowest BCUT2D eigenvalue weighted by molar-refractivity contribution is 0.515. The predicted octanol–water partition coefficient (Wildman–Crippen LogP) is 4.84. The van der Waals surface area contributed by atoms with Crippen molar-refractivity contribution in [2.24, 2.45) is 0 Å². The van der Waals surface area contributed by atoms with E-state index in [9.17, 15) is 13.6 Å². The largest absolute Gasteiger partial charge is 0.319 e. The first-order valence-electron chi connectivity index (χ1n) is 9.07. The van der Waals surface area contributed by atoms with Crippen molar-refractivity contribution in [3.8, 4) is 11.3 Å². The van der Waals surface area contributed by atoms with Gasteiger partial charge in [0.15, 0.2) is 11.6 Å². The SMILES string of the molecule is CC(C)c1cc(-c2ccccc2)n(Cc2cc(=O)[nH]c3c(F)c(F)ccc23)n1. The lowest BCUT2D eigenvalue weighted by Gasteiger charge is -2.11. The van der Waals surface area contributed by atoms with Crippen LogP contribution < -0.4 is 5.56 Å². The Morgan fingerprint density at radius 1 is 1.07 bits per heavy atom. The van der Waals surface area contributed by atoms with Crippen LogP contribution in [-0.2, 0) is 6.54 Å². The molecule has 2 heterocycles. The zero-order valence-electron chi connectivity index (χ0n) is 15.5. The molecule has 2 aromatic heterocycles. The summed E-state index contributed by atoms with van der Waals surface area (Å²) in [5.74, 6) is -1.82. The van der Waals surface area contributed by atoms with Crippen molar-refractivity contribution in [1.29, 1.82) is 0 Å². The highest BCUT2D eigenvalue weighted by Gasteiger charge is 2.16. The highest BCUT2D eigenvalue weighted by Crippen LogP contribution is 2.26. The Morgan fingerprint density at radius 3 is 2.54 bits per heavy atom. The fourth-order valence-corrected chi connectivity index (χ4v) is 3.31. The molecule has 0 fully saturated rings. The van der Waals surface area contributed by atoms with E-state index in [-0.39, 0.29) is 18.0 Å². The minimum Gasteiger partial charge on any atom is -0.319 e. The van der Waals surface area contributed by atoms with Crippen molar-refractivity contribution in [3.05, 3.63) is 87.8 Å². The third-order valence-corrected chi connectivity index (χ3v) is 4.77. The summed E-state index contributed by atoms with van der Waals surface area (Å²) < 4.78 is 29.6. The third kappa shape index (κ3) is 3.22. The van der Waals surface area contributed by atoms with E-state index in [1.807, 2.05) is 36.4 Å². The smallest absolute Gasteiger partial charge is 0.248 e. The molecule has 142 valence electrons. The predicted molar refractivity (Wildman–Crippen MR) is 105 cm³/mol. The van der Waals surface area contributed by atoms with Crippen molar-refractivity contribution in [3.63, 3.8) is 0 Å². The van der Waals surface area contributed by atoms with E-state index in [4.69, 9.17) is 5.10 Å². The fourth-order valence-electron chi connectivity index (χ4n) is 3.31. The first-order valence-corrected chi connectivity index (χ1v) is 9.07. The van der Waals surface area contributed by atoms with Crippen LogP contribution >= 0.6 is 0 Å². The molecule has 0 saturated carbocycles. The summed E-state index contributed by atoms with van der Waals surface area (Å²) in [6.07, 6.45) is 0. The zero-order chi connectivity index (χ0) is 19.8. The van der Waals surface area contributed by atoms with Crippen LogP contribution in [0.5, 0.6) is 0 Å². The number of hydrogen-bond acceptors (Lipinski definition) is 2. The van der Waals surface area contributed by atoms with E-state index >= 15 is 0 Å². The maximum atomic E-state index is 14.2. The fraction of sp³-hybridized carbons (Fsp3) is 0.182. The van der Waals surface area contributed by atoms with Crippen LogP contribution in [0.25, 0.3) is 22.2 Å². The van der Waals surface area contributed by atoms with Crippen LogP contribution in [0, 0.1) is 11.6 Å². The third-order valence-electron chi connectivity index (χ3n) is 4.77. The lowest BCUT2D eigenvalue weighted by Crippen LogP contribution is -2.12. The molecule has 6 heteroatoms. The second-order valence-corrected chi connectivity index (χ2v) is 7.08. The first-order chi connectivity index (χ1) is 13.4. The molecule has 4 rings (SSSR count). The van der Waals surface area contributed by atoms with Gasteiger partial charge in [0.05, 0.1) is 23.4 Å². The minimum atomic E-state index is -1.05. The number of aromatic amines is 1. The van der Waals surface area contributed by atoms with Crippen LogP contribution in [-0.4, -0.2) is 14.8 Å². The topological polar surface area (TPSA) is 50.7 Å². The molecule has 0 aliphatic carbocycles. The maximum absolute atomic E-state index is 14.2. The minimum absolute atomic E-state index is 0.125. The summed E-state index contributed by atoms with van der Waals surface area (Å²) in [6, 6.07) is 15.8. The van der Waals surface area contributed by atoms with Gasteiger partial charge in [-0.1, -0.05) is 44.2 Å². The summed E-state index contributed by atoms with van der Waals surface area (Å²) in [5, 5.41) is 5.15. The number of nitrogens with zero attached hydrogens (tertiary/aromatic N) is 2. The van der Waals surface area contributed by atoms with Gasteiger partial charge < -0.3 is 4.98 Å². The molecule has 28 heavy (non-hydrogen) atoms. The molecule has 4 nitrogen and oxygen atoms in total. The summed E-state index contributed by atoms with van der Waals surface area (Å²) in [5.41, 5.74) is 2.79. The van der Waals surface area contributed by atoms with E-state index in [1.165, 1.54) is 12.1 Å². The van der Waals surface area contributed by atoms with E-state index < -0.39 is 17.2 Å². The number of halogens is 2. The Labute approximate surface area is 160 Å². The van der Waals surface area contributed by atoms with Gasteiger partial charge >= 0.3 is 0 Å². The standard InChI is InChI=1S/C22H19F2N3O/c1-13(2)18-11-19(14-6-4-3-5-7-14)27(26-18)12-15-10-20(28)25-22-16(15)8-9-17(23)21(22)24/h3-11,13H,12H2,1-2H3,(H,25,28). The average Bonchev–Trinajstić information content (AvgIpc) is 3.10. The molecule has 0 unspecified atom stereocenters. The molecule has 0 saturated heterocycles. The monoisotopic (exact) mass is 379 g/mol. The molecular weight excluding hydrogens is 360 g/mol. The van der Waals surface area contributed by atoms with Gasteiger partial charge in [-0.3, -0.25) is 9.48 Å². The normalized spacial score (nSPS) is 11.5. The van der Waals surface area contributed by atoms with Crippen molar-refractivity contribution in [1.82, 2.24) is 14.8 Å². The van der Waals surface area contributed by atoms with Gasteiger partial charge in [0.2, 0.25) is 5.56 Å². The van der Waals surface area contributed by atoms with Crippen LogP contribution in [0.2, 0.25) is 0 Å². The van der Waals surface area contributed by atoms with Crippen LogP contribution in [0.3, 0.4) is 0 Å². The number of H-pyrrole nitrogens is 1. The number of nitrogens with one attached hydrogen (secondary N) is 1. The Hall–Kier alpha value is -3.28. The maximum Gasteiger partial charge on any atom is 0.248 e. The van der Waals surface area contributed by atoms with Crippen molar-refractivity contribution < 1.29 is 8.78 Å². The number of hydrogen-bond donors (Lipinski definition) is 1. The van der Waals surface area contributed by atoms with Gasteiger partial charge in [-0.15, -0.1) is 0 Å². The Morgan fingerprint density at radius 2 is 1.82 bits per heavy atom. The van der Waals surface area contributed by atoms with Gasteiger partial charge in [0, 0.05) is 11.5 Å². The van der Waals surface area contributed by atoms with Gasteiger partial charge in [-0.25, -0.2) is 8.78 Å². The molecular formula is C22H19F2N3O. The lowest BCUT2D eigenvalue weighted by atomic mass is 10.1. The van der Waals surface area contributed by atoms with E-state index in [2.05, 4.69) is 18.8 Å². The summed E-state index contributed by atoms with van der Waals surface area (Å²) in [7, 11) is 0. The van der Waals surface area contributed by atoms with Crippen molar-refractivity contribution in [2.45, 2.75) is 26.3 Å². The Bertz CT molecular complexity index is 1210. The average molecular weight is 379 g/mol. The van der Waals surface area contributed by atoms with Crippen LogP contribution in [0.15, 0.2) is 59.4 Å². The molecule has 0 aliphatic rings. The molecule has 0 bridgehead atoms. The number of fused-ring (bicyclic) bond motifs is 1. The van der Waals surface area contributed by atoms with Gasteiger partial charge in [0.1, 0.15) is 0 Å². The van der Waals surface area contributed by atoms with Crippen molar-refractivity contribution in [2.75, 3.05) is 0 Å². The number of rotatable bonds is 4. The summed E-state index contributed by atoms with van der Waals surface area (Å²) in [4.78, 5) is 14.4. The molecule has 0 spiro atoms. The van der Waals surface area contributed by atoms with Crippen LogP contribution in [0.4, 0.5) is 8.78 Å². The molecule has 0 radical (unpaired) electrons. The molecule has 0 atom stereocenters. The van der Waals surface area contributed by atoms with E-state index in [0.29, 0.717) is 10.9 Å². The number of benzene rings is 2. The van der Waals surface area contributed by atoms with Gasteiger partial charge in [-0.2, -0.15) is 5.10 Å². The highest BCUT2D eigenvalue weighted by atomic mass is 19.2. The van der Waals surface area contributed by atoms with E-state index in [0.717, 1.165) is 23.0 Å². The molecule has 0 amide bonds.